The first-order chi connectivity index (χ1) is 11.7. The second-order valence-electron chi connectivity index (χ2n) is 6.01. The molecule has 0 aromatic rings. The van der Waals surface area contributed by atoms with Crippen LogP contribution in [0.15, 0.2) is 0 Å². The molecule has 2 aliphatic heterocycles. The Labute approximate surface area is 142 Å². The summed E-state index contributed by atoms with van der Waals surface area (Å²) in [5.41, 5.74) is 10.6. The predicted octanol–water partition coefficient (Wildman–Crippen LogP) is -5.12. The zero-order valence-electron chi connectivity index (χ0n) is 13.2. The number of rotatable bonds is 8. The molecule has 0 aromatic heterocycles. The van der Waals surface area contributed by atoms with Crippen molar-refractivity contribution in [3.8, 4) is 0 Å². The summed E-state index contributed by atoms with van der Waals surface area (Å²) in [7, 11) is 0. The molecule has 2 amide bonds. The Morgan fingerprint density at radius 3 is 2.48 bits per heavy atom. The van der Waals surface area contributed by atoms with Crippen molar-refractivity contribution in [1.29, 1.82) is 0 Å². The lowest BCUT2D eigenvalue weighted by Crippen LogP contribution is -2.60. The number of carbonyl (C=O) groups excluding carboxylic acids is 2. The maximum Gasteiger partial charge on any atom is 0.329 e. The van der Waals surface area contributed by atoms with Gasteiger partial charge in [-0.25, -0.2) is 4.79 Å². The highest BCUT2D eigenvalue weighted by Gasteiger charge is 2.49. The van der Waals surface area contributed by atoms with Gasteiger partial charge in [0.05, 0.1) is 19.1 Å². The standard InChI is InChI=1S/C13H22N4O8/c14-2-4(18)10(20)8(15)12(22)16-9(13(23)24)11(21)5-3-17-6(19)1-7(17)25-5/h4-5,7-11,18,20-21H,1-3,14-15H2,(H,16,22)(H,23,24)/t4?,5-,7+,8?,9?,10?,11?/m1/s1. The van der Waals surface area contributed by atoms with Gasteiger partial charge in [0.25, 0.3) is 0 Å². The number of amides is 2. The SMILES string of the molecule is NCC(O)C(O)C(N)C(=O)NC(C(=O)O)C(O)[C@H]1CN2C(=O)C[C@@H]2O1. The zero-order valence-corrected chi connectivity index (χ0v) is 13.2. The third-order valence-electron chi connectivity index (χ3n) is 4.32. The van der Waals surface area contributed by atoms with Crippen LogP contribution < -0.4 is 16.8 Å². The summed E-state index contributed by atoms with van der Waals surface area (Å²) >= 11 is 0. The smallest absolute Gasteiger partial charge is 0.329 e. The molecule has 2 saturated heterocycles. The average molecular weight is 362 g/mol. The fraction of sp³-hybridized carbons (Fsp3) is 0.769. The number of aliphatic carboxylic acids is 1. The highest BCUT2D eigenvalue weighted by atomic mass is 16.5. The largest absolute Gasteiger partial charge is 0.480 e. The van der Waals surface area contributed by atoms with E-state index < -0.39 is 54.6 Å². The number of carbonyl (C=O) groups is 3. The Morgan fingerprint density at radius 2 is 2.00 bits per heavy atom. The number of aliphatic hydroxyl groups excluding tert-OH is 3. The van der Waals surface area contributed by atoms with Gasteiger partial charge in [-0.1, -0.05) is 0 Å². The van der Waals surface area contributed by atoms with Gasteiger partial charge in [0, 0.05) is 6.54 Å². The van der Waals surface area contributed by atoms with E-state index in [1.165, 1.54) is 4.90 Å². The first-order valence-electron chi connectivity index (χ1n) is 7.65. The molecule has 0 radical (unpaired) electrons. The molecule has 0 spiro atoms. The second kappa shape index (κ2) is 7.59. The van der Waals surface area contributed by atoms with E-state index in [2.05, 4.69) is 0 Å². The maximum atomic E-state index is 12.0. The Morgan fingerprint density at radius 1 is 1.36 bits per heavy atom. The van der Waals surface area contributed by atoms with Crippen molar-refractivity contribution in [2.24, 2.45) is 11.5 Å². The van der Waals surface area contributed by atoms with Crippen LogP contribution in [0.2, 0.25) is 0 Å². The van der Waals surface area contributed by atoms with Crippen molar-refractivity contribution in [3.63, 3.8) is 0 Å². The molecule has 2 heterocycles. The number of nitrogens with one attached hydrogen (secondary N) is 1. The van der Waals surface area contributed by atoms with E-state index in [4.69, 9.17) is 16.2 Å². The number of carboxylic acids is 1. The minimum absolute atomic E-state index is 0.00484. The van der Waals surface area contributed by atoms with Crippen molar-refractivity contribution >= 4 is 17.8 Å². The van der Waals surface area contributed by atoms with Crippen LogP contribution in [0.3, 0.4) is 0 Å². The van der Waals surface area contributed by atoms with Gasteiger partial charge in [-0.05, 0) is 0 Å². The Kier molecular flexibility index (Phi) is 5.92. The number of nitrogens with two attached hydrogens (primary N) is 2. The molecule has 0 saturated carbocycles. The molecule has 2 aliphatic rings. The summed E-state index contributed by atoms with van der Waals surface area (Å²) in [4.78, 5) is 36.0. The number of hydrogen-bond donors (Lipinski definition) is 7. The van der Waals surface area contributed by atoms with Crippen LogP contribution in [0.5, 0.6) is 0 Å². The number of nitrogens with zero attached hydrogens (tertiary/aromatic N) is 1. The fourth-order valence-electron chi connectivity index (χ4n) is 2.68. The van der Waals surface area contributed by atoms with Crippen molar-refractivity contribution in [3.05, 3.63) is 0 Å². The quantitative estimate of drug-likeness (QED) is 0.204. The Balaban J connectivity index is 1.99. The van der Waals surface area contributed by atoms with Gasteiger partial charge in [-0.3, -0.25) is 9.59 Å². The normalized spacial score (nSPS) is 28.4. The first kappa shape index (κ1) is 19.5. The van der Waals surface area contributed by atoms with Gasteiger partial charge >= 0.3 is 5.97 Å². The van der Waals surface area contributed by atoms with Crippen LogP contribution in [-0.2, 0) is 19.1 Å². The Bertz CT molecular complexity index is 546. The molecular formula is C13H22N4O8. The number of β-lactam (4-membered cyclic amide) rings is 1. The average Bonchev–Trinajstić information content (AvgIpc) is 2.93. The first-order valence-corrected chi connectivity index (χ1v) is 7.65. The fourth-order valence-corrected chi connectivity index (χ4v) is 2.68. The minimum Gasteiger partial charge on any atom is -0.480 e. The summed E-state index contributed by atoms with van der Waals surface area (Å²) in [5, 5.41) is 40.5. The third kappa shape index (κ3) is 3.89. The van der Waals surface area contributed by atoms with E-state index in [0.29, 0.717) is 0 Å². The minimum atomic E-state index is -1.78. The molecule has 2 rings (SSSR count). The molecule has 0 aromatic carbocycles. The van der Waals surface area contributed by atoms with Crippen LogP contribution in [0, 0.1) is 0 Å². The molecule has 0 bridgehead atoms. The molecule has 0 aliphatic carbocycles. The predicted molar refractivity (Wildman–Crippen MR) is 79.6 cm³/mol. The summed E-state index contributed by atoms with van der Waals surface area (Å²) in [6.45, 7) is -0.348. The molecule has 9 N–H and O–H groups in total. The van der Waals surface area contributed by atoms with E-state index in [1.54, 1.807) is 0 Å². The molecule has 25 heavy (non-hydrogen) atoms. The number of fused-ring (bicyclic) bond motifs is 1. The van der Waals surface area contributed by atoms with E-state index >= 15 is 0 Å². The van der Waals surface area contributed by atoms with Crippen molar-refractivity contribution in [2.45, 2.75) is 49.1 Å². The van der Waals surface area contributed by atoms with Gasteiger partial charge in [-0.15, -0.1) is 0 Å². The van der Waals surface area contributed by atoms with Crippen LogP contribution in [0.4, 0.5) is 0 Å². The topological polar surface area (TPSA) is 209 Å². The summed E-state index contributed by atoms with van der Waals surface area (Å²) < 4.78 is 5.37. The molecule has 12 heteroatoms. The lowest BCUT2D eigenvalue weighted by atomic mass is 10.0. The summed E-state index contributed by atoms with van der Waals surface area (Å²) in [6, 6.07) is -3.43. The van der Waals surface area contributed by atoms with Gasteiger partial charge in [0.15, 0.2) is 6.04 Å². The zero-order chi connectivity index (χ0) is 18.9. The van der Waals surface area contributed by atoms with Crippen LogP contribution in [-0.4, -0.2) is 98.9 Å². The highest BCUT2D eigenvalue weighted by molar-refractivity contribution is 5.87. The maximum absolute atomic E-state index is 12.0. The summed E-state index contributed by atoms with van der Waals surface area (Å²) in [5.74, 6) is -2.81. The van der Waals surface area contributed by atoms with E-state index in [9.17, 15) is 34.8 Å². The number of hydrogen-bond acceptors (Lipinski definition) is 9. The van der Waals surface area contributed by atoms with Crippen molar-refractivity contribution in [2.75, 3.05) is 13.1 Å². The molecule has 7 atom stereocenters. The Hall–Kier alpha value is -1.83. The van der Waals surface area contributed by atoms with E-state index in [0.717, 1.165) is 0 Å². The number of ether oxygens (including phenoxy) is 1. The molecule has 12 nitrogen and oxygen atoms in total. The second-order valence-corrected chi connectivity index (χ2v) is 6.01. The van der Waals surface area contributed by atoms with Crippen molar-refractivity contribution in [1.82, 2.24) is 10.2 Å². The van der Waals surface area contributed by atoms with Gasteiger partial charge < -0.3 is 46.8 Å². The van der Waals surface area contributed by atoms with E-state index in [1.807, 2.05) is 5.32 Å². The lowest BCUT2D eigenvalue weighted by Gasteiger charge is -2.31. The highest BCUT2D eigenvalue weighted by Crippen LogP contribution is 2.30. The molecule has 5 unspecified atom stereocenters. The number of aliphatic hydroxyl groups is 3. The monoisotopic (exact) mass is 362 g/mol. The molecular weight excluding hydrogens is 340 g/mol. The van der Waals surface area contributed by atoms with Crippen LogP contribution >= 0.6 is 0 Å². The van der Waals surface area contributed by atoms with Gasteiger partial charge in [0.2, 0.25) is 11.8 Å². The van der Waals surface area contributed by atoms with Crippen molar-refractivity contribution < 1.29 is 39.5 Å². The van der Waals surface area contributed by atoms with Gasteiger partial charge in [0.1, 0.15) is 30.6 Å². The van der Waals surface area contributed by atoms with Gasteiger partial charge in [-0.2, -0.15) is 0 Å². The lowest BCUT2D eigenvalue weighted by molar-refractivity contribution is -0.161. The van der Waals surface area contributed by atoms with Crippen LogP contribution in [0.1, 0.15) is 6.42 Å². The number of carboxylic acid groups (broad SMARTS) is 1. The van der Waals surface area contributed by atoms with Crippen LogP contribution in [0.25, 0.3) is 0 Å². The molecule has 2 fully saturated rings. The molecule has 142 valence electrons. The van der Waals surface area contributed by atoms with E-state index in [-0.39, 0.29) is 25.4 Å². The third-order valence-corrected chi connectivity index (χ3v) is 4.32. The summed E-state index contributed by atoms with van der Waals surface area (Å²) in [6.07, 6.45) is -6.17.